The van der Waals surface area contributed by atoms with Crippen LogP contribution in [-0.2, 0) is 10.0 Å². The van der Waals surface area contributed by atoms with E-state index in [2.05, 4.69) is 19.8 Å². The number of hydrogen-bond donors (Lipinski definition) is 1. The van der Waals surface area contributed by atoms with Crippen molar-refractivity contribution in [2.75, 3.05) is 13.1 Å². The predicted molar refractivity (Wildman–Crippen MR) is 114 cm³/mol. The minimum Gasteiger partial charge on any atom is -0.419 e. The molecule has 2 aromatic carbocycles. The van der Waals surface area contributed by atoms with E-state index in [1.165, 1.54) is 0 Å². The number of hydrogen-bond acceptors (Lipinski definition) is 6. The maximum absolute atomic E-state index is 12.5. The lowest BCUT2D eigenvalue weighted by Gasteiger charge is -2.34. The number of aryl methyl sites for hydroxylation is 1. The molecule has 0 spiro atoms. The molecule has 30 heavy (non-hydrogen) atoms. The SMILES string of the molecule is Cc1cccc(-c2nnc(C(C)N3CCC(NS(=O)(=O)c4ccccc4)CC3)o2)c1. The first-order chi connectivity index (χ1) is 14.4. The standard InChI is InChI=1S/C22H26N4O3S/c1-16-7-6-8-18(15-16)22-24-23-21(29-22)17(2)26-13-11-19(12-14-26)25-30(27,28)20-9-4-3-5-10-20/h3-10,15,17,19,25H,11-14H2,1-2H3. The highest BCUT2D eigenvalue weighted by Gasteiger charge is 2.29. The number of aromatic nitrogens is 2. The number of nitrogens with one attached hydrogen (secondary N) is 1. The monoisotopic (exact) mass is 426 g/mol. The van der Waals surface area contributed by atoms with Gasteiger partial charge in [-0.15, -0.1) is 10.2 Å². The van der Waals surface area contributed by atoms with E-state index in [1.807, 2.05) is 38.1 Å². The minimum absolute atomic E-state index is 0.0252. The van der Waals surface area contributed by atoms with Gasteiger partial charge in [0.15, 0.2) is 0 Å². The molecule has 1 aromatic heterocycles. The third-order valence-corrected chi connectivity index (χ3v) is 7.05. The molecule has 1 N–H and O–H groups in total. The molecule has 8 heteroatoms. The summed E-state index contributed by atoms with van der Waals surface area (Å²) >= 11 is 0. The fourth-order valence-corrected chi connectivity index (χ4v) is 5.07. The summed E-state index contributed by atoms with van der Waals surface area (Å²) in [5.41, 5.74) is 2.05. The number of sulfonamides is 1. The number of piperidine rings is 1. The van der Waals surface area contributed by atoms with Gasteiger partial charge in [0, 0.05) is 24.7 Å². The maximum Gasteiger partial charge on any atom is 0.247 e. The highest BCUT2D eigenvalue weighted by molar-refractivity contribution is 7.89. The zero-order chi connectivity index (χ0) is 21.1. The Labute approximate surface area is 177 Å². The van der Waals surface area contributed by atoms with Gasteiger partial charge in [-0.2, -0.15) is 0 Å². The Bertz CT molecular complexity index is 1090. The molecule has 0 radical (unpaired) electrons. The Balaban J connectivity index is 1.36. The second-order valence-electron chi connectivity index (χ2n) is 7.74. The van der Waals surface area contributed by atoms with Crippen LogP contribution in [0.25, 0.3) is 11.5 Å². The van der Waals surface area contributed by atoms with E-state index in [0.29, 0.717) is 16.7 Å². The highest BCUT2D eigenvalue weighted by atomic mass is 32.2. The van der Waals surface area contributed by atoms with E-state index >= 15 is 0 Å². The number of likely N-dealkylation sites (tertiary alicyclic amines) is 1. The van der Waals surface area contributed by atoms with E-state index in [-0.39, 0.29) is 12.1 Å². The van der Waals surface area contributed by atoms with Gasteiger partial charge in [0.1, 0.15) is 0 Å². The van der Waals surface area contributed by atoms with Crippen LogP contribution in [0.2, 0.25) is 0 Å². The summed E-state index contributed by atoms with van der Waals surface area (Å²) in [5, 5.41) is 8.45. The molecule has 0 bridgehead atoms. The quantitative estimate of drug-likeness (QED) is 0.649. The largest absolute Gasteiger partial charge is 0.419 e. The first-order valence-corrected chi connectivity index (χ1v) is 11.6. The van der Waals surface area contributed by atoms with Crippen LogP contribution < -0.4 is 4.72 Å². The van der Waals surface area contributed by atoms with Gasteiger partial charge in [0.2, 0.25) is 21.8 Å². The van der Waals surface area contributed by atoms with E-state index in [9.17, 15) is 8.42 Å². The van der Waals surface area contributed by atoms with Gasteiger partial charge >= 0.3 is 0 Å². The van der Waals surface area contributed by atoms with Crippen LogP contribution in [0.1, 0.15) is 37.3 Å². The summed E-state index contributed by atoms with van der Waals surface area (Å²) in [6, 6.07) is 16.4. The molecule has 158 valence electrons. The van der Waals surface area contributed by atoms with E-state index in [4.69, 9.17) is 4.42 Å². The lowest BCUT2D eigenvalue weighted by molar-refractivity contribution is 0.140. The van der Waals surface area contributed by atoms with Gasteiger partial charge in [0.25, 0.3) is 0 Å². The number of rotatable bonds is 6. The summed E-state index contributed by atoms with van der Waals surface area (Å²) < 4.78 is 33.8. The van der Waals surface area contributed by atoms with Crippen molar-refractivity contribution in [1.29, 1.82) is 0 Å². The van der Waals surface area contributed by atoms with Gasteiger partial charge in [-0.05, 0) is 51.0 Å². The van der Waals surface area contributed by atoms with Crippen LogP contribution in [0, 0.1) is 6.92 Å². The molecule has 1 aliphatic rings. The molecule has 1 fully saturated rings. The van der Waals surface area contributed by atoms with E-state index in [1.54, 1.807) is 30.3 Å². The molecule has 0 saturated carbocycles. The molecular formula is C22H26N4O3S. The third-order valence-electron chi connectivity index (χ3n) is 5.52. The maximum atomic E-state index is 12.5. The number of nitrogens with zero attached hydrogens (tertiary/aromatic N) is 3. The Morgan fingerprint density at radius 1 is 1.07 bits per heavy atom. The lowest BCUT2D eigenvalue weighted by atomic mass is 10.0. The highest BCUT2D eigenvalue weighted by Crippen LogP contribution is 2.27. The Hall–Kier alpha value is -2.55. The van der Waals surface area contributed by atoms with Crippen molar-refractivity contribution in [2.45, 2.75) is 43.7 Å². The molecule has 3 aromatic rings. The predicted octanol–water partition coefficient (Wildman–Crippen LogP) is 3.55. The van der Waals surface area contributed by atoms with Gasteiger partial charge in [-0.1, -0.05) is 35.9 Å². The minimum atomic E-state index is -3.49. The molecule has 1 unspecified atom stereocenters. The molecule has 1 aliphatic heterocycles. The second-order valence-corrected chi connectivity index (χ2v) is 9.45. The fourth-order valence-electron chi connectivity index (χ4n) is 3.75. The van der Waals surface area contributed by atoms with Crippen molar-refractivity contribution < 1.29 is 12.8 Å². The van der Waals surface area contributed by atoms with Gasteiger partial charge < -0.3 is 4.42 Å². The first kappa shape index (κ1) is 20.7. The van der Waals surface area contributed by atoms with Gasteiger partial charge in [-0.3, -0.25) is 4.90 Å². The Kier molecular flexibility index (Phi) is 5.99. The summed E-state index contributed by atoms with van der Waals surface area (Å²) in [5.74, 6) is 1.10. The van der Waals surface area contributed by atoms with Crippen LogP contribution in [0.15, 0.2) is 63.9 Å². The molecular weight excluding hydrogens is 400 g/mol. The molecule has 1 atom stereocenters. The van der Waals surface area contributed by atoms with Crippen molar-refractivity contribution >= 4 is 10.0 Å². The zero-order valence-corrected chi connectivity index (χ0v) is 18.0. The average Bonchev–Trinajstić information content (AvgIpc) is 3.25. The normalized spacial score (nSPS) is 17.1. The average molecular weight is 427 g/mol. The van der Waals surface area contributed by atoms with Crippen LogP contribution in [0.5, 0.6) is 0 Å². The van der Waals surface area contributed by atoms with Gasteiger partial charge in [-0.25, -0.2) is 13.1 Å². The Morgan fingerprint density at radius 2 is 1.80 bits per heavy atom. The summed E-state index contributed by atoms with van der Waals surface area (Å²) in [6.07, 6.45) is 1.46. The molecule has 0 aliphatic carbocycles. The Morgan fingerprint density at radius 3 is 2.50 bits per heavy atom. The fraction of sp³-hybridized carbons (Fsp3) is 0.364. The zero-order valence-electron chi connectivity index (χ0n) is 17.2. The van der Waals surface area contributed by atoms with E-state index in [0.717, 1.165) is 37.1 Å². The lowest BCUT2D eigenvalue weighted by Crippen LogP contribution is -2.45. The van der Waals surface area contributed by atoms with Crippen molar-refractivity contribution in [2.24, 2.45) is 0 Å². The van der Waals surface area contributed by atoms with Gasteiger partial charge in [0.05, 0.1) is 10.9 Å². The van der Waals surface area contributed by atoms with Crippen LogP contribution in [0.4, 0.5) is 0 Å². The van der Waals surface area contributed by atoms with Crippen molar-refractivity contribution in [1.82, 2.24) is 19.8 Å². The van der Waals surface area contributed by atoms with Crippen molar-refractivity contribution in [3.05, 3.63) is 66.1 Å². The smallest absolute Gasteiger partial charge is 0.247 e. The van der Waals surface area contributed by atoms with Crippen LogP contribution in [-0.4, -0.2) is 42.6 Å². The summed E-state index contributed by atoms with van der Waals surface area (Å²) in [6.45, 7) is 5.58. The van der Waals surface area contributed by atoms with Crippen molar-refractivity contribution in [3.8, 4) is 11.5 Å². The molecule has 0 amide bonds. The molecule has 2 heterocycles. The summed E-state index contributed by atoms with van der Waals surface area (Å²) in [4.78, 5) is 2.55. The van der Waals surface area contributed by atoms with Crippen molar-refractivity contribution in [3.63, 3.8) is 0 Å². The first-order valence-electron chi connectivity index (χ1n) is 10.1. The van der Waals surface area contributed by atoms with E-state index < -0.39 is 10.0 Å². The van der Waals surface area contributed by atoms with Crippen LogP contribution >= 0.6 is 0 Å². The topological polar surface area (TPSA) is 88.3 Å². The molecule has 1 saturated heterocycles. The number of benzene rings is 2. The summed E-state index contributed by atoms with van der Waals surface area (Å²) in [7, 11) is -3.49. The molecule has 7 nitrogen and oxygen atoms in total. The second kappa shape index (κ2) is 8.67. The molecule has 4 rings (SSSR count). The third kappa shape index (κ3) is 4.61. The van der Waals surface area contributed by atoms with Crippen LogP contribution in [0.3, 0.4) is 0 Å².